The standard InChI is InChI=1S/C25H38N4O4/c1-25(2,29-10-12-33-13-11-29)17-26-23(31)20-15-28(14-18-6-4-3-5-7-18)16-21(22(20)30)24(32)27-19-8-9-19/h15-16,18-19H,3-14,17H2,1-2H3,(H,26,31)(H,27,32). The first-order valence-electron chi connectivity index (χ1n) is 12.5. The van der Waals surface area contributed by atoms with E-state index in [9.17, 15) is 14.4 Å². The van der Waals surface area contributed by atoms with Gasteiger partial charge in [0.05, 0.1) is 13.2 Å². The summed E-state index contributed by atoms with van der Waals surface area (Å²) >= 11 is 0. The first-order chi connectivity index (χ1) is 15.8. The van der Waals surface area contributed by atoms with Crippen LogP contribution >= 0.6 is 0 Å². The smallest absolute Gasteiger partial charge is 0.256 e. The molecule has 1 aromatic rings. The van der Waals surface area contributed by atoms with Crippen molar-refractivity contribution in [1.82, 2.24) is 20.1 Å². The predicted molar refractivity (Wildman–Crippen MR) is 127 cm³/mol. The van der Waals surface area contributed by atoms with Crippen molar-refractivity contribution in [2.45, 2.75) is 76.9 Å². The molecule has 0 spiro atoms. The number of morpholine rings is 1. The van der Waals surface area contributed by atoms with Gasteiger partial charge in [-0.25, -0.2) is 0 Å². The van der Waals surface area contributed by atoms with Crippen molar-refractivity contribution in [2.75, 3.05) is 32.8 Å². The van der Waals surface area contributed by atoms with Crippen LogP contribution in [0.2, 0.25) is 0 Å². The third-order valence-corrected chi connectivity index (χ3v) is 7.22. The lowest BCUT2D eigenvalue weighted by molar-refractivity contribution is -0.00923. The topological polar surface area (TPSA) is 92.7 Å². The molecule has 2 heterocycles. The minimum absolute atomic E-state index is 0.0482. The van der Waals surface area contributed by atoms with Gasteiger partial charge in [0, 0.05) is 50.2 Å². The van der Waals surface area contributed by atoms with Gasteiger partial charge in [-0.3, -0.25) is 19.3 Å². The molecular formula is C25H38N4O4. The minimum Gasteiger partial charge on any atom is -0.379 e. The molecule has 3 aliphatic rings. The zero-order valence-electron chi connectivity index (χ0n) is 20.0. The molecule has 0 unspecified atom stereocenters. The Morgan fingerprint density at radius 3 is 2.27 bits per heavy atom. The van der Waals surface area contributed by atoms with Gasteiger partial charge >= 0.3 is 0 Å². The van der Waals surface area contributed by atoms with Crippen LogP contribution in [0, 0.1) is 5.92 Å². The second-order valence-electron chi connectivity index (χ2n) is 10.5. The highest BCUT2D eigenvalue weighted by molar-refractivity contribution is 5.99. The second kappa shape index (κ2) is 10.4. The molecule has 1 aliphatic heterocycles. The van der Waals surface area contributed by atoms with Gasteiger partial charge in [-0.2, -0.15) is 0 Å². The highest BCUT2D eigenvalue weighted by Crippen LogP contribution is 2.25. The van der Waals surface area contributed by atoms with E-state index >= 15 is 0 Å². The third-order valence-electron chi connectivity index (χ3n) is 7.22. The van der Waals surface area contributed by atoms with Gasteiger partial charge in [0.1, 0.15) is 11.1 Å². The number of hydrogen-bond donors (Lipinski definition) is 2. The number of amides is 2. The Kier molecular flexibility index (Phi) is 7.54. The van der Waals surface area contributed by atoms with Gasteiger partial charge in [0.25, 0.3) is 11.8 Å². The molecule has 2 N–H and O–H groups in total. The molecule has 182 valence electrons. The van der Waals surface area contributed by atoms with E-state index in [1.807, 2.05) is 4.57 Å². The van der Waals surface area contributed by atoms with Crippen molar-refractivity contribution in [3.8, 4) is 0 Å². The normalized spacial score (nSPS) is 20.4. The number of carbonyl (C=O) groups excluding carboxylic acids is 2. The van der Waals surface area contributed by atoms with Crippen LogP contribution in [-0.2, 0) is 11.3 Å². The Morgan fingerprint density at radius 2 is 1.64 bits per heavy atom. The van der Waals surface area contributed by atoms with E-state index in [1.54, 1.807) is 12.4 Å². The molecule has 2 aliphatic carbocycles. The van der Waals surface area contributed by atoms with E-state index in [2.05, 4.69) is 29.4 Å². The average Bonchev–Trinajstić information content (AvgIpc) is 3.64. The summed E-state index contributed by atoms with van der Waals surface area (Å²) in [5.74, 6) is -0.278. The largest absolute Gasteiger partial charge is 0.379 e. The Labute approximate surface area is 196 Å². The second-order valence-corrected chi connectivity index (χ2v) is 10.5. The number of nitrogens with zero attached hydrogens (tertiary/aromatic N) is 2. The number of pyridine rings is 1. The lowest BCUT2D eigenvalue weighted by Crippen LogP contribution is -2.55. The molecule has 0 aromatic carbocycles. The number of aromatic nitrogens is 1. The molecule has 4 rings (SSSR count). The molecule has 33 heavy (non-hydrogen) atoms. The maximum atomic E-state index is 13.2. The molecule has 2 amide bonds. The molecule has 8 nitrogen and oxygen atoms in total. The summed E-state index contributed by atoms with van der Waals surface area (Å²) in [4.78, 5) is 41.4. The summed E-state index contributed by atoms with van der Waals surface area (Å²) in [6.07, 6.45) is 11.1. The van der Waals surface area contributed by atoms with Crippen LogP contribution in [0.5, 0.6) is 0 Å². The highest BCUT2D eigenvalue weighted by atomic mass is 16.5. The fraction of sp³-hybridized carbons (Fsp3) is 0.720. The van der Waals surface area contributed by atoms with Crippen LogP contribution in [-0.4, -0.2) is 65.7 Å². The zero-order chi connectivity index (χ0) is 23.4. The van der Waals surface area contributed by atoms with Crippen LogP contribution in [0.1, 0.15) is 79.5 Å². The van der Waals surface area contributed by atoms with Crippen molar-refractivity contribution in [3.05, 3.63) is 33.7 Å². The van der Waals surface area contributed by atoms with Gasteiger partial charge < -0.3 is 19.9 Å². The molecule has 1 saturated heterocycles. The van der Waals surface area contributed by atoms with E-state index in [0.717, 1.165) is 45.3 Å². The molecule has 8 heteroatoms. The molecule has 0 bridgehead atoms. The van der Waals surface area contributed by atoms with Crippen molar-refractivity contribution in [1.29, 1.82) is 0 Å². The molecule has 3 fully saturated rings. The number of ether oxygens (including phenoxy) is 1. The number of carbonyl (C=O) groups is 2. The van der Waals surface area contributed by atoms with E-state index in [4.69, 9.17) is 4.74 Å². The molecule has 2 saturated carbocycles. The van der Waals surface area contributed by atoms with E-state index in [1.165, 1.54) is 19.3 Å². The van der Waals surface area contributed by atoms with Crippen molar-refractivity contribution in [3.63, 3.8) is 0 Å². The summed E-state index contributed by atoms with van der Waals surface area (Å²) in [6, 6.07) is 0.149. The van der Waals surface area contributed by atoms with E-state index in [-0.39, 0.29) is 28.6 Å². The van der Waals surface area contributed by atoms with Gasteiger partial charge in [-0.15, -0.1) is 0 Å². The monoisotopic (exact) mass is 458 g/mol. The highest BCUT2D eigenvalue weighted by Gasteiger charge is 2.30. The summed E-state index contributed by atoms with van der Waals surface area (Å²) in [7, 11) is 0. The van der Waals surface area contributed by atoms with Crippen LogP contribution in [0.4, 0.5) is 0 Å². The summed E-state index contributed by atoms with van der Waals surface area (Å²) in [5, 5.41) is 5.87. The minimum atomic E-state index is -0.491. The van der Waals surface area contributed by atoms with Gasteiger partial charge in [-0.05, 0) is 45.4 Å². The summed E-state index contributed by atoms with van der Waals surface area (Å²) in [6.45, 7) is 8.29. The SMILES string of the molecule is CC(C)(CNC(=O)c1cn(CC2CCCCC2)cc(C(=O)NC2CC2)c1=O)N1CCOCC1. The average molecular weight is 459 g/mol. The van der Waals surface area contributed by atoms with Gasteiger partial charge in [0.15, 0.2) is 0 Å². The fourth-order valence-corrected chi connectivity index (χ4v) is 4.89. The number of nitrogens with one attached hydrogen (secondary N) is 2. The maximum Gasteiger partial charge on any atom is 0.256 e. The van der Waals surface area contributed by atoms with Crippen LogP contribution in [0.3, 0.4) is 0 Å². The van der Waals surface area contributed by atoms with Crippen LogP contribution < -0.4 is 16.1 Å². The summed E-state index contributed by atoms with van der Waals surface area (Å²) in [5.41, 5.74) is -0.638. The van der Waals surface area contributed by atoms with E-state index < -0.39 is 11.3 Å². The molecule has 0 atom stereocenters. The molecule has 0 radical (unpaired) electrons. The zero-order valence-corrected chi connectivity index (χ0v) is 20.0. The lowest BCUT2D eigenvalue weighted by Gasteiger charge is -2.40. The Bertz CT molecular complexity index is 909. The number of rotatable bonds is 8. The molecular weight excluding hydrogens is 420 g/mol. The first-order valence-corrected chi connectivity index (χ1v) is 12.5. The van der Waals surface area contributed by atoms with Crippen LogP contribution in [0.15, 0.2) is 17.2 Å². The quantitative estimate of drug-likeness (QED) is 0.623. The Morgan fingerprint density at radius 1 is 1.00 bits per heavy atom. The Balaban J connectivity index is 1.52. The molecule has 1 aromatic heterocycles. The van der Waals surface area contributed by atoms with E-state index in [0.29, 0.717) is 25.7 Å². The van der Waals surface area contributed by atoms with Gasteiger partial charge in [-0.1, -0.05) is 19.3 Å². The third kappa shape index (κ3) is 6.23. The van der Waals surface area contributed by atoms with Crippen molar-refractivity contribution in [2.24, 2.45) is 5.92 Å². The predicted octanol–water partition coefficient (Wildman–Crippen LogP) is 2.16. The Hall–Kier alpha value is -2.19. The van der Waals surface area contributed by atoms with Crippen LogP contribution in [0.25, 0.3) is 0 Å². The first kappa shape index (κ1) is 24.0. The number of hydrogen-bond acceptors (Lipinski definition) is 5. The summed E-state index contributed by atoms with van der Waals surface area (Å²) < 4.78 is 7.33. The fourth-order valence-electron chi connectivity index (χ4n) is 4.89. The maximum absolute atomic E-state index is 13.2. The van der Waals surface area contributed by atoms with Crippen molar-refractivity contribution < 1.29 is 14.3 Å². The lowest BCUT2D eigenvalue weighted by atomic mass is 9.89. The van der Waals surface area contributed by atoms with Crippen molar-refractivity contribution >= 4 is 11.8 Å². The van der Waals surface area contributed by atoms with Gasteiger partial charge in [0.2, 0.25) is 5.43 Å².